The number of aryl methyl sites for hydroxylation is 1. The minimum atomic E-state index is 0. The van der Waals surface area contributed by atoms with Crippen LogP contribution in [0.15, 0.2) is 60.7 Å². The van der Waals surface area contributed by atoms with Crippen LogP contribution in [0.4, 0.5) is 0 Å². The Morgan fingerprint density at radius 2 is 1.60 bits per heavy atom. The molecule has 1 aliphatic carbocycles. The third-order valence-electron chi connectivity index (χ3n) is 6.94. The van der Waals surface area contributed by atoms with Gasteiger partial charge in [-0.15, -0.1) is 12.4 Å². The maximum absolute atomic E-state index is 6.05. The van der Waals surface area contributed by atoms with Gasteiger partial charge in [0.05, 0.1) is 6.10 Å². The van der Waals surface area contributed by atoms with Gasteiger partial charge in [0.15, 0.2) is 0 Å². The van der Waals surface area contributed by atoms with Crippen LogP contribution in [-0.4, -0.2) is 31.6 Å². The van der Waals surface area contributed by atoms with Gasteiger partial charge in [-0.3, -0.25) is 0 Å². The first-order chi connectivity index (χ1) is 14.3. The Balaban J connectivity index is 0.00000218. The largest absolute Gasteiger partial charge is 0.376 e. The normalized spacial score (nSPS) is 21.8. The quantitative estimate of drug-likeness (QED) is 0.466. The van der Waals surface area contributed by atoms with Crippen molar-refractivity contribution in [1.29, 1.82) is 0 Å². The lowest BCUT2D eigenvalue weighted by atomic mass is 9.79. The van der Waals surface area contributed by atoms with Gasteiger partial charge in [0.2, 0.25) is 0 Å². The third-order valence-corrected chi connectivity index (χ3v) is 6.94. The average Bonchev–Trinajstić information content (AvgIpc) is 2.79. The number of hydrogen-bond acceptors (Lipinski definition) is 2. The van der Waals surface area contributed by atoms with Crippen molar-refractivity contribution < 1.29 is 4.74 Å². The number of ether oxygens (including phenoxy) is 1. The topological polar surface area (TPSA) is 12.5 Å². The standard InChI is InChI=1S/C27H31NO.ClH/c1-29-27-25(19-28-15-5-2-6-16-28)12-11-24-18-23(13-14-26(24)27)22-10-9-20-7-3-4-8-21(20)17-22;/h3-4,7-10,13-14,17-18,25,27H,2,5-6,11-12,15-16,19H2,1H3;1H. The number of hydrogen-bond donors (Lipinski definition) is 0. The van der Waals surface area contributed by atoms with E-state index in [-0.39, 0.29) is 18.5 Å². The fourth-order valence-corrected chi connectivity index (χ4v) is 5.37. The van der Waals surface area contributed by atoms with Crippen LogP contribution in [0.2, 0.25) is 0 Å². The number of likely N-dealkylation sites (tertiary alicyclic amines) is 1. The molecule has 1 heterocycles. The summed E-state index contributed by atoms with van der Waals surface area (Å²) < 4.78 is 6.05. The number of methoxy groups -OCH3 is 1. The zero-order valence-corrected chi connectivity index (χ0v) is 18.7. The number of rotatable bonds is 4. The van der Waals surface area contributed by atoms with Gasteiger partial charge in [0.1, 0.15) is 0 Å². The van der Waals surface area contributed by atoms with Crippen LogP contribution in [0, 0.1) is 5.92 Å². The molecule has 2 unspecified atom stereocenters. The summed E-state index contributed by atoms with van der Waals surface area (Å²) in [4.78, 5) is 2.66. The lowest BCUT2D eigenvalue weighted by molar-refractivity contribution is 0.0207. The molecule has 30 heavy (non-hydrogen) atoms. The van der Waals surface area contributed by atoms with Crippen molar-refractivity contribution in [3.05, 3.63) is 71.8 Å². The van der Waals surface area contributed by atoms with Crippen molar-refractivity contribution in [1.82, 2.24) is 4.90 Å². The highest BCUT2D eigenvalue weighted by Gasteiger charge is 2.31. The van der Waals surface area contributed by atoms with E-state index in [1.54, 1.807) is 0 Å². The molecule has 0 spiro atoms. The number of halogens is 1. The summed E-state index contributed by atoms with van der Waals surface area (Å²) in [6.45, 7) is 3.71. The van der Waals surface area contributed by atoms with Gasteiger partial charge in [-0.1, -0.05) is 61.0 Å². The van der Waals surface area contributed by atoms with Crippen LogP contribution >= 0.6 is 12.4 Å². The maximum Gasteiger partial charge on any atom is 0.0864 e. The number of fused-ring (bicyclic) bond motifs is 2. The van der Waals surface area contributed by atoms with Gasteiger partial charge in [0.25, 0.3) is 0 Å². The van der Waals surface area contributed by atoms with E-state index in [1.165, 1.54) is 78.3 Å². The second-order valence-electron chi connectivity index (χ2n) is 8.79. The van der Waals surface area contributed by atoms with Crippen LogP contribution in [0.25, 0.3) is 21.9 Å². The molecular formula is C27H32ClNO. The fraction of sp³-hybridized carbons (Fsp3) is 0.407. The molecule has 0 bridgehead atoms. The lowest BCUT2D eigenvalue weighted by Gasteiger charge is -2.37. The molecule has 1 aliphatic heterocycles. The zero-order valence-electron chi connectivity index (χ0n) is 17.8. The molecule has 0 amide bonds. The van der Waals surface area contributed by atoms with Crippen molar-refractivity contribution in [2.75, 3.05) is 26.7 Å². The highest BCUT2D eigenvalue weighted by Crippen LogP contribution is 2.39. The molecule has 3 aromatic carbocycles. The van der Waals surface area contributed by atoms with Crippen molar-refractivity contribution in [3.63, 3.8) is 0 Å². The minimum Gasteiger partial charge on any atom is -0.376 e. The summed E-state index contributed by atoms with van der Waals surface area (Å²) >= 11 is 0. The number of benzene rings is 3. The van der Waals surface area contributed by atoms with E-state index >= 15 is 0 Å². The summed E-state index contributed by atoms with van der Waals surface area (Å²) in [6, 6.07) is 22.4. The van der Waals surface area contributed by atoms with Gasteiger partial charge in [-0.25, -0.2) is 0 Å². The average molecular weight is 422 g/mol. The Morgan fingerprint density at radius 3 is 2.40 bits per heavy atom. The molecule has 2 nitrogen and oxygen atoms in total. The highest BCUT2D eigenvalue weighted by atomic mass is 35.5. The molecule has 1 fully saturated rings. The first-order valence-corrected chi connectivity index (χ1v) is 11.2. The van der Waals surface area contributed by atoms with Crippen LogP contribution in [-0.2, 0) is 11.2 Å². The molecule has 2 aliphatic rings. The van der Waals surface area contributed by atoms with Crippen LogP contribution in [0.1, 0.15) is 42.9 Å². The summed E-state index contributed by atoms with van der Waals surface area (Å²) in [6.07, 6.45) is 6.73. The van der Waals surface area contributed by atoms with Gasteiger partial charge in [0, 0.05) is 19.6 Å². The van der Waals surface area contributed by atoms with E-state index in [1.807, 2.05) is 7.11 Å². The van der Waals surface area contributed by atoms with Crippen molar-refractivity contribution >= 4 is 23.2 Å². The predicted molar refractivity (Wildman–Crippen MR) is 128 cm³/mol. The van der Waals surface area contributed by atoms with E-state index in [0.29, 0.717) is 5.92 Å². The maximum atomic E-state index is 6.05. The number of piperidine rings is 1. The van der Waals surface area contributed by atoms with Gasteiger partial charge >= 0.3 is 0 Å². The lowest BCUT2D eigenvalue weighted by Crippen LogP contribution is -2.38. The Hall–Kier alpha value is -1.87. The van der Waals surface area contributed by atoms with E-state index in [2.05, 4.69) is 65.6 Å². The number of nitrogens with zero attached hydrogens (tertiary/aromatic N) is 1. The molecule has 3 aromatic rings. The predicted octanol–water partition coefficient (Wildman–Crippen LogP) is 6.66. The van der Waals surface area contributed by atoms with Crippen molar-refractivity contribution in [3.8, 4) is 11.1 Å². The molecule has 0 radical (unpaired) electrons. The van der Waals surface area contributed by atoms with Crippen LogP contribution < -0.4 is 0 Å². The first kappa shape index (κ1) is 21.4. The zero-order chi connectivity index (χ0) is 19.6. The first-order valence-electron chi connectivity index (χ1n) is 11.2. The second kappa shape index (κ2) is 9.51. The fourth-order valence-electron chi connectivity index (χ4n) is 5.37. The smallest absolute Gasteiger partial charge is 0.0864 e. The Labute approximate surface area is 186 Å². The second-order valence-corrected chi connectivity index (χ2v) is 8.79. The molecule has 158 valence electrons. The minimum absolute atomic E-state index is 0. The third kappa shape index (κ3) is 4.27. The molecule has 3 heteroatoms. The Bertz CT molecular complexity index is 995. The highest BCUT2D eigenvalue weighted by molar-refractivity contribution is 5.87. The summed E-state index contributed by atoms with van der Waals surface area (Å²) in [7, 11) is 1.89. The molecule has 2 atom stereocenters. The van der Waals surface area contributed by atoms with E-state index in [0.717, 1.165) is 6.42 Å². The molecule has 5 rings (SSSR count). The van der Waals surface area contributed by atoms with Gasteiger partial charge in [-0.05, 0) is 77.9 Å². The van der Waals surface area contributed by atoms with Crippen LogP contribution in [0.5, 0.6) is 0 Å². The monoisotopic (exact) mass is 421 g/mol. The van der Waals surface area contributed by atoms with Gasteiger partial charge in [-0.2, -0.15) is 0 Å². The molecule has 0 saturated carbocycles. The van der Waals surface area contributed by atoms with E-state index in [4.69, 9.17) is 4.74 Å². The van der Waals surface area contributed by atoms with E-state index < -0.39 is 0 Å². The van der Waals surface area contributed by atoms with Crippen molar-refractivity contribution in [2.24, 2.45) is 5.92 Å². The Morgan fingerprint density at radius 1 is 0.867 bits per heavy atom. The molecule has 1 saturated heterocycles. The summed E-state index contributed by atoms with van der Waals surface area (Å²) in [5.74, 6) is 0.608. The molecular weight excluding hydrogens is 390 g/mol. The Kier molecular flexibility index (Phi) is 6.77. The molecule has 0 N–H and O–H groups in total. The SMILES string of the molecule is COC1c2ccc(-c3ccc4ccccc4c3)cc2CCC1CN1CCCCC1.Cl. The van der Waals surface area contributed by atoms with E-state index in [9.17, 15) is 0 Å². The summed E-state index contributed by atoms with van der Waals surface area (Å²) in [5, 5.41) is 2.60. The van der Waals surface area contributed by atoms with Gasteiger partial charge < -0.3 is 9.64 Å². The summed E-state index contributed by atoms with van der Waals surface area (Å²) in [5.41, 5.74) is 5.50. The molecule has 0 aromatic heterocycles. The van der Waals surface area contributed by atoms with Crippen molar-refractivity contribution in [2.45, 2.75) is 38.2 Å². The van der Waals surface area contributed by atoms with Crippen LogP contribution in [0.3, 0.4) is 0 Å².